The van der Waals surface area contributed by atoms with Crippen LogP contribution in [0.5, 0.6) is 0 Å². The van der Waals surface area contributed by atoms with Crippen molar-refractivity contribution in [2.24, 2.45) is 5.73 Å². The van der Waals surface area contributed by atoms with Gasteiger partial charge < -0.3 is 5.73 Å². The average Bonchev–Trinajstić information content (AvgIpc) is 2.25. The zero-order valence-electron chi connectivity index (χ0n) is 10.1. The summed E-state index contributed by atoms with van der Waals surface area (Å²) in [5.41, 5.74) is 5.06. The van der Waals surface area contributed by atoms with Crippen molar-refractivity contribution in [1.82, 2.24) is 4.31 Å². The van der Waals surface area contributed by atoms with E-state index in [2.05, 4.69) is 0 Å². The van der Waals surface area contributed by atoms with Crippen molar-refractivity contribution < 1.29 is 13.2 Å². The predicted molar refractivity (Wildman–Crippen MR) is 69.7 cm³/mol. The largest absolute Gasteiger partial charge is 0.369 e. The van der Waals surface area contributed by atoms with Crippen molar-refractivity contribution >= 4 is 27.5 Å². The molecule has 1 amide bonds. The minimum Gasteiger partial charge on any atom is -0.369 e. The maximum absolute atomic E-state index is 12.3. The van der Waals surface area contributed by atoms with Gasteiger partial charge in [0, 0.05) is 11.1 Å². The quantitative estimate of drug-likeness (QED) is 0.885. The molecule has 7 heteroatoms. The molecule has 0 aromatic heterocycles. The van der Waals surface area contributed by atoms with Gasteiger partial charge in [0.2, 0.25) is 15.9 Å². The number of sulfonamides is 1. The Labute approximate surface area is 112 Å². The molecule has 2 N–H and O–H groups in total. The Balaban J connectivity index is 3.21. The van der Waals surface area contributed by atoms with E-state index in [1.165, 1.54) is 18.2 Å². The second kappa shape index (κ2) is 5.69. The molecular weight excluding hydrogens is 276 g/mol. The smallest absolute Gasteiger partial charge is 0.243 e. The topological polar surface area (TPSA) is 80.5 Å². The second-order valence-corrected chi connectivity index (χ2v) is 6.39. The Morgan fingerprint density at radius 1 is 1.44 bits per heavy atom. The predicted octanol–water partition coefficient (Wildman–Crippen LogP) is 1.22. The van der Waals surface area contributed by atoms with Crippen molar-refractivity contribution in [2.75, 3.05) is 6.54 Å². The minimum absolute atomic E-state index is 0.0463. The molecule has 0 unspecified atom stereocenters. The summed E-state index contributed by atoms with van der Waals surface area (Å²) in [4.78, 5) is 11.0. The van der Waals surface area contributed by atoms with E-state index in [0.29, 0.717) is 5.02 Å². The van der Waals surface area contributed by atoms with Gasteiger partial charge in [-0.15, -0.1) is 0 Å². The fraction of sp³-hybridized carbons (Fsp3) is 0.364. The third kappa shape index (κ3) is 3.44. The van der Waals surface area contributed by atoms with E-state index in [0.717, 1.165) is 4.31 Å². The van der Waals surface area contributed by atoms with Gasteiger partial charge in [-0.3, -0.25) is 4.79 Å². The van der Waals surface area contributed by atoms with Gasteiger partial charge in [0.15, 0.2) is 0 Å². The number of hydrogen-bond acceptors (Lipinski definition) is 3. The van der Waals surface area contributed by atoms with E-state index >= 15 is 0 Å². The highest BCUT2D eigenvalue weighted by molar-refractivity contribution is 7.89. The molecule has 0 aliphatic rings. The molecule has 100 valence electrons. The number of primary amides is 1. The molecule has 1 aromatic carbocycles. The third-order valence-corrected chi connectivity index (χ3v) is 4.54. The first-order chi connectivity index (χ1) is 8.25. The van der Waals surface area contributed by atoms with Gasteiger partial charge in [-0.25, -0.2) is 8.42 Å². The lowest BCUT2D eigenvalue weighted by Crippen LogP contribution is -2.42. The fourth-order valence-electron chi connectivity index (χ4n) is 1.46. The first-order valence-electron chi connectivity index (χ1n) is 5.31. The Bertz CT molecular complexity index is 543. The number of amides is 1. The van der Waals surface area contributed by atoms with Crippen molar-refractivity contribution in [2.45, 2.75) is 24.8 Å². The SMILES string of the molecule is CC(C)N(CC(N)=O)S(=O)(=O)c1cccc(Cl)c1. The van der Waals surface area contributed by atoms with Crippen LogP contribution in [0.2, 0.25) is 5.02 Å². The van der Waals surface area contributed by atoms with Crippen LogP contribution in [0.15, 0.2) is 29.2 Å². The van der Waals surface area contributed by atoms with Crippen molar-refractivity contribution in [3.63, 3.8) is 0 Å². The summed E-state index contributed by atoms with van der Waals surface area (Å²) in [6.07, 6.45) is 0. The highest BCUT2D eigenvalue weighted by Crippen LogP contribution is 2.21. The Morgan fingerprint density at radius 2 is 2.06 bits per heavy atom. The van der Waals surface area contributed by atoms with Gasteiger partial charge in [0.25, 0.3) is 0 Å². The van der Waals surface area contributed by atoms with E-state index in [1.807, 2.05) is 0 Å². The van der Waals surface area contributed by atoms with Crippen LogP contribution in [0.3, 0.4) is 0 Å². The molecule has 18 heavy (non-hydrogen) atoms. The molecule has 1 aromatic rings. The number of hydrogen-bond donors (Lipinski definition) is 1. The fourth-order valence-corrected chi connectivity index (χ4v) is 3.37. The highest BCUT2D eigenvalue weighted by atomic mass is 35.5. The highest BCUT2D eigenvalue weighted by Gasteiger charge is 2.28. The molecule has 0 fully saturated rings. The molecule has 0 aliphatic heterocycles. The molecule has 0 atom stereocenters. The summed E-state index contributed by atoms with van der Waals surface area (Å²) in [7, 11) is -3.77. The van der Waals surface area contributed by atoms with Gasteiger partial charge >= 0.3 is 0 Å². The molecule has 0 radical (unpaired) electrons. The van der Waals surface area contributed by atoms with Crippen LogP contribution in [0, 0.1) is 0 Å². The summed E-state index contributed by atoms with van der Waals surface area (Å²) in [5, 5.41) is 0.318. The summed E-state index contributed by atoms with van der Waals surface area (Å²) in [6.45, 7) is 2.99. The molecule has 0 heterocycles. The Kier molecular flexibility index (Phi) is 4.72. The van der Waals surface area contributed by atoms with Crippen LogP contribution < -0.4 is 5.73 Å². The zero-order chi connectivity index (χ0) is 13.9. The molecule has 0 spiro atoms. The minimum atomic E-state index is -3.77. The van der Waals surface area contributed by atoms with E-state index in [1.54, 1.807) is 19.9 Å². The number of carbonyl (C=O) groups is 1. The molecule has 0 bridgehead atoms. The van der Waals surface area contributed by atoms with Gasteiger partial charge in [0.1, 0.15) is 0 Å². The maximum atomic E-state index is 12.3. The number of benzene rings is 1. The summed E-state index contributed by atoms with van der Waals surface area (Å²) in [5.74, 6) is -0.700. The molecule has 0 aliphatic carbocycles. The lowest BCUT2D eigenvalue weighted by atomic mass is 10.4. The van der Waals surface area contributed by atoms with Crippen molar-refractivity contribution in [3.05, 3.63) is 29.3 Å². The van der Waals surface area contributed by atoms with Gasteiger partial charge in [-0.1, -0.05) is 17.7 Å². The van der Waals surface area contributed by atoms with Crippen LogP contribution in [0.25, 0.3) is 0 Å². The number of rotatable bonds is 5. The monoisotopic (exact) mass is 290 g/mol. The van der Waals surface area contributed by atoms with Crippen LogP contribution >= 0.6 is 11.6 Å². The standard InChI is InChI=1S/C11H15ClN2O3S/c1-8(2)14(7-11(13)15)18(16,17)10-5-3-4-9(12)6-10/h3-6,8H,7H2,1-2H3,(H2,13,15). The Morgan fingerprint density at radius 3 is 2.50 bits per heavy atom. The number of nitrogens with two attached hydrogens (primary N) is 1. The third-order valence-electron chi connectivity index (χ3n) is 2.29. The molecular formula is C11H15ClN2O3S. The summed E-state index contributed by atoms with van der Waals surface area (Å²) in [6, 6.07) is 5.51. The van der Waals surface area contributed by atoms with Crippen LogP contribution in [0.4, 0.5) is 0 Å². The van der Waals surface area contributed by atoms with Crippen molar-refractivity contribution in [3.8, 4) is 0 Å². The van der Waals surface area contributed by atoms with Crippen molar-refractivity contribution in [1.29, 1.82) is 0 Å². The Hall–Kier alpha value is -1.11. The van der Waals surface area contributed by atoms with E-state index in [9.17, 15) is 13.2 Å². The van der Waals surface area contributed by atoms with Gasteiger partial charge in [-0.2, -0.15) is 4.31 Å². The lowest BCUT2D eigenvalue weighted by Gasteiger charge is -2.24. The normalized spacial score (nSPS) is 12.1. The van der Waals surface area contributed by atoms with Gasteiger partial charge in [-0.05, 0) is 32.0 Å². The van der Waals surface area contributed by atoms with E-state index in [4.69, 9.17) is 17.3 Å². The molecule has 1 rings (SSSR count). The number of nitrogens with zero attached hydrogens (tertiary/aromatic N) is 1. The molecule has 0 saturated heterocycles. The maximum Gasteiger partial charge on any atom is 0.243 e. The van der Waals surface area contributed by atoms with E-state index < -0.39 is 15.9 Å². The molecule has 5 nitrogen and oxygen atoms in total. The summed E-state index contributed by atoms with van der Waals surface area (Å²) >= 11 is 5.77. The lowest BCUT2D eigenvalue weighted by molar-refractivity contribution is -0.118. The van der Waals surface area contributed by atoms with Crippen LogP contribution in [-0.4, -0.2) is 31.2 Å². The zero-order valence-corrected chi connectivity index (χ0v) is 11.7. The van der Waals surface area contributed by atoms with Crippen LogP contribution in [0.1, 0.15) is 13.8 Å². The van der Waals surface area contributed by atoms with E-state index in [-0.39, 0.29) is 17.5 Å². The molecule has 0 saturated carbocycles. The first-order valence-corrected chi connectivity index (χ1v) is 7.12. The summed E-state index contributed by atoms with van der Waals surface area (Å²) < 4.78 is 25.7. The van der Waals surface area contributed by atoms with Crippen LogP contribution in [-0.2, 0) is 14.8 Å². The number of halogens is 1. The average molecular weight is 291 g/mol. The first kappa shape index (κ1) is 14.9. The number of carbonyl (C=O) groups excluding carboxylic acids is 1. The van der Waals surface area contributed by atoms with Gasteiger partial charge in [0.05, 0.1) is 11.4 Å². The second-order valence-electron chi connectivity index (χ2n) is 4.07.